The molecular formula is C22H17N5OS. The van der Waals surface area contributed by atoms with Crippen molar-refractivity contribution in [2.75, 3.05) is 5.32 Å². The number of fused-ring (bicyclic) bond motifs is 2. The third-order valence-corrected chi connectivity index (χ3v) is 5.72. The fourth-order valence-corrected chi connectivity index (χ4v) is 4.18. The molecule has 6 nitrogen and oxygen atoms in total. The second-order valence-electron chi connectivity index (χ2n) is 6.67. The summed E-state index contributed by atoms with van der Waals surface area (Å²) in [6, 6.07) is 19.7. The van der Waals surface area contributed by atoms with Gasteiger partial charge in [0.15, 0.2) is 0 Å². The molecule has 0 atom stereocenters. The Labute approximate surface area is 170 Å². The van der Waals surface area contributed by atoms with Crippen LogP contribution in [0, 0.1) is 0 Å². The average Bonchev–Trinajstić information content (AvgIpc) is 3.21. The van der Waals surface area contributed by atoms with Crippen LogP contribution in [-0.4, -0.2) is 19.5 Å². The minimum Gasteiger partial charge on any atom is -0.361 e. The zero-order valence-electron chi connectivity index (χ0n) is 15.6. The van der Waals surface area contributed by atoms with Crippen LogP contribution in [0.1, 0.15) is 0 Å². The molecule has 0 aliphatic heterocycles. The van der Waals surface area contributed by atoms with E-state index in [2.05, 4.69) is 20.3 Å². The molecule has 3 heterocycles. The summed E-state index contributed by atoms with van der Waals surface area (Å²) in [5, 5.41) is 5.17. The molecule has 5 aromatic rings. The summed E-state index contributed by atoms with van der Waals surface area (Å²) in [4.78, 5) is 26.7. The largest absolute Gasteiger partial charge is 0.361 e. The number of benzene rings is 2. The molecule has 29 heavy (non-hydrogen) atoms. The number of pyridine rings is 1. The van der Waals surface area contributed by atoms with Crippen molar-refractivity contribution < 1.29 is 0 Å². The van der Waals surface area contributed by atoms with E-state index in [-0.39, 0.29) is 5.56 Å². The third kappa shape index (κ3) is 3.36. The molecule has 0 aliphatic rings. The number of nitrogens with zero attached hydrogens (tertiary/aromatic N) is 3. The van der Waals surface area contributed by atoms with Crippen LogP contribution >= 0.6 is 11.8 Å². The van der Waals surface area contributed by atoms with E-state index in [4.69, 9.17) is 0 Å². The Hall–Kier alpha value is -3.58. The lowest BCUT2D eigenvalue weighted by atomic mass is 10.2. The fourth-order valence-electron chi connectivity index (χ4n) is 3.22. The Kier molecular flexibility index (Phi) is 4.29. The van der Waals surface area contributed by atoms with E-state index in [1.54, 1.807) is 17.8 Å². The number of rotatable bonds is 4. The van der Waals surface area contributed by atoms with Crippen LogP contribution in [0.25, 0.3) is 21.9 Å². The number of aromatic nitrogens is 4. The van der Waals surface area contributed by atoms with Crippen LogP contribution in [0.2, 0.25) is 0 Å². The maximum absolute atomic E-state index is 12.8. The fraction of sp³-hybridized carbons (Fsp3) is 0.0455. The number of aryl methyl sites for hydroxylation is 1. The van der Waals surface area contributed by atoms with E-state index >= 15 is 0 Å². The molecule has 0 saturated heterocycles. The van der Waals surface area contributed by atoms with Crippen LogP contribution in [-0.2, 0) is 7.05 Å². The normalized spacial score (nSPS) is 11.2. The maximum atomic E-state index is 12.8. The summed E-state index contributed by atoms with van der Waals surface area (Å²) in [6.07, 6.45) is 3.65. The highest BCUT2D eigenvalue weighted by atomic mass is 32.2. The predicted molar refractivity (Wildman–Crippen MR) is 117 cm³/mol. The molecule has 0 spiro atoms. The van der Waals surface area contributed by atoms with Crippen molar-refractivity contribution in [1.82, 2.24) is 19.5 Å². The van der Waals surface area contributed by atoms with Gasteiger partial charge in [-0.1, -0.05) is 36.0 Å². The van der Waals surface area contributed by atoms with Gasteiger partial charge in [0, 0.05) is 40.9 Å². The Morgan fingerprint density at radius 3 is 2.76 bits per heavy atom. The number of aromatic amines is 1. The van der Waals surface area contributed by atoms with Gasteiger partial charge in [-0.3, -0.25) is 9.36 Å². The number of hydrogen-bond donors (Lipinski definition) is 2. The summed E-state index contributed by atoms with van der Waals surface area (Å²) >= 11 is 1.44. The van der Waals surface area contributed by atoms with Crippen molar-refractivity contribution in [3.63, 3.8) is 0 Å². The molecule has 0 radical (unpaired) electrons. The predicted octanol–water partition coefficient (Wildman–Crippen LogP) is 4.70. The summed E-state index contributed by atoms with van der Waals surface area (Å²) < 4.78 is 1.57. The van der Waals surface area contributed by atoms with Crippen molar-refractivity contribution in [2.24, 2.45) is 7.05 Å². The molecule has 142 valence electrons. The molecule has 2 aromatic carbocycles. The summed E-state index contributed by atoms with van der Waals surface area (Å²) in [7, 11) is 1.74. The van der Waals surface area contributed by atoms with Crippen molar-refractivity contribution in [3.8, 4) is 0 Å². The van der Waals surface area contributed by atoms with Crippen molar-refractivity contribution in [1.29, 1.82) is 0 Å². The number of nitrogens with one attached hydrogen (secondary N) is 2. The standard InChI is InChI=1S/C22H17N5OS/c1-27-20-15(11-19(21(27)28)29-17-5-3-2-4-6-17)13-24-22(26-20)25-16-8-7-14-9-10-23-18(14)12-16/h2-13,23H,1H3,(H,24,25,26). The topological polar surface area (TPSA) is 75.6 Å². The van der Waals surface area contributed by atoms with Crippen LogP contribution < -0.4 is 10.9 Å². The zero-order chi connectivity index (χ0) is 19.8. The Morgan fingerprint density at radius 2 is 1.90 bits per heavy atom. The van der Waals surface area contributed by atoms with Crippen LogP contribution in [0.4, 0.5) is 11.6 Å². The SMILES string of the molecule is Cn1c(=O)c(Sc2ccccc2)cc2cnc(Nc3ccc4cc[nH]c4c3)nc21. The number of H-pyrrole nitrogens is 1. The maximum Gasteiger partial charge on any atom is 0.265 e. The monoisotopic (exact) mass is 399 g/mol. The molecule has 0 aliphatic carbocycles. The molecule has 7 heteroatoms. The number of hydrogen-bond acceptors (Lipinski definition) is 5. The lowest BCUT2D eigenvalue weighted by Gasteiger charge is -2.10. The first-order valence-corrected chi connectivity index (χ1v) is 9.93. The molecule has 5 rings (SSSR count). The quantitative estimate of drug-likeness (QED) is 0.458. The van der Waals surface area contributed by atoms with Gasteiger partial charge in [0.2, 0.25) is 5.95 Å². The van der Waals surface area contributed by atoms with Gasteiger partial charge in [-0.2, -0.15) is 4.98 Å². The minimum atomic E-state index is -0.0798. The second kappa shape index (κ2) is 7.10. The zero-order valence-corrected chi connectivity index (χ0v) is 16.4. The lowest BCUT2D eigenvalue weighted by molar-refractivity contribution is 0.857. The van der Waals surface area contributed by atoms with E-state index in [0.29, 0.717) is 16.5 Å². The Balaban J connectivity index is 1.50. The van der Waals surface area contributed by atoms with E-state index in [0.717, 1.165) is 26.9 Å². The average molecular weight is 399 g/mol. The number of anilines is 2. The highest BCUT2D eigenvalue weighted by molar-refractivity contribution is 7.99. The van der Waals surface area contributed by atoms with Gasteiger partial charge in [-0.25, -0.2) is 4.98 Å². The lowest BCUT2D eigenvalue weighted by Crippen LogP contribution is -2.19. The van der Waals surface area contributed by atoms with Crippen LogP contribution in [0.5, 0.6) is 0 Å². The molecule has 0 bridgehead atoms. The molecule has 0 fully saturated rings. The minimum absolute atomic E-state index is 0.0798. The van der Waals surface area contributed by atoms with Crippen molar-refractivity contribution >= 4 is 45.3 Å². The molecule has 3 aromatic heterocycles. The van der Waals surface area contributed by atoms with E-state index < -0.39 is 0 Å². The first kappa shape index (κ1) is 17.5. The molecule has 0 unspecified atom stereocenters. The molecular weight excluding hydrogens is 382 g/mol. The Bertz CT molecular complexity index is 1390. The van der Waals surface area contributed by atoms with Crippen molar-refractivity contribution in [3.05, 3.63) is 83.4 Å². The summed E-state index contributed by atoms with van der Waals surface area (Å²) in [6.45, 7) is 0. The molecule has 0 amide bonds. The Morgan fingerprint density at radius 1 is 1.03 bits per heavy atom. The van der Waals surface area contributed by atoms with Gasteiger partial charge in [0.05, 0.1) is 4.90 Å². The summed E-state index contributed by atoms with van der Waals surface area (Å²) in [5.74, 6) is 0.446. The van der Waals surface area contributed by atoms with Gasteiger partial charge in [-0.05, 0) is 41.8 Å². The first-order valence-electron chi connectivity index (χ1n) is 9.11. The van der Waals surface area contributed by atoms with Gasteiger partial charge < -0.3 is 10.3 Å². The smallest absolute Gasteiger partial charge is 0.265 e. The van der Waals surface area contributed by atoms with Crippen molar-refractivity contribution in [2.45, 2.75) is 9.79 Å². The van der Waals surface area contributed by atoms with Gasteiger partial charge >= 0.3 is 0 Å². The first-order chi connectivity index (χ1) is 14.2. The van der Waals surface area contributed by atoms with Gasteiger partial charge in [0.25, 0.3) is 5.56 Å². The third-order valence-electron chi connectivity index (χ3n) is 4.70. The van der Waals surface area contributed by atoms with Gasteiger partial charge in [0.1, 0.15) is 5.65 Å². The van der Waals surface area contributed by atoms with Crippen LogP contribution in [0.3, 0.4) is 0 Å². The molecule has 2 N–H and O–H groups in total. The second-order valence-corrected chi connectivity index (χ2v) is 7.78. The highest BCUT2D eigenvalue weighted by Gasteiger charge is 2.11. The van der Waals surface area contributed by atoms with E-state index in [1.165, 1.54) is 11.8 Å². The van der Waals surface area contributed by atoms with Gasteiger partial charge in [-0.15, -0.1) is 0 Å². The van der Waals surface area contributed by atoms with Crippen LogP contribution in [0.15, 0.2) is 87.6 Å². The summed E-state index contributed by atoms with van der Waals surface area (Å²) in [5.41, 5.74) is 2.42. The molecule has 0 saturated carbocycles. The van der Waals surface area contributed by atoms with E-state index in [1.807, 2.05) is 66.9 Å². The highest BCUT2D eigenvalue weighted by Crippen LogP contribution is 2.27. The van der Waals surface area contributed by atoms with E-state index in [9.17, 15) is 4.79 Å².